The van der Waals surface area contributed by atoms with Crippen molar-refractivity contribution < 1.29 is 14.6 Å². The fourth-order valence-corrected chi connectivity index (χ4v) is 3.36. The summed E-state index contributed by atoms with van der Waals surface area (Å²) >= 11 is 0. The molecular weight excluding hydrogens is 242 g/mol. The van der Waals surface area contributed by atoms with Crippen LogP contribution in [-0.4, -0.2) is 18.1 Å². The highest BCUT2D eigenvalue weighted by Crippen LogP contribution is 2.51. The van der Waals surface area contributed by atoms with E-state index in [0.717, 1.165) is 37.7 Å². The predicted molar refractivity (Wildman–Crippen MR) is 72.1 cm³/mol. The first-order chi connectivity index (χ1) is 9.17. The van der Waals surface area contributed by atoms with Gasteiger partial charge < -0.3 is 15.2 Å². The number of carbonyl (C=O) groups is 1. The number of benzene rings is 1. The van der Waals surface area contributed by atoms with Crippen molar-refractivity contribution in [2.24, 2.45) is 5.41 Å². The summed E-state index contributed by atoms with van der Waals surface area (Å²) in [6.07, 6.45) is 4.00. The SMILES string of the molecule is COc1ccc2c(c1)NC(=O)C1(CCCCC1)[C@H]2O. The maximum absolute atomic E-state index is 12.4. The van der Waals surface area contributed by atoms with Gasteiger partial charge in [0.2, 0.25) is 5.91 Å². The number of aliphatic hydroxyl groups excluding tert-OH is 1. The second kappa shape index (κ2) is 4.53. The minimum Gasteiger partial charge on any atom is -0.497 e. The molecule has 2 N–H and O–H groups in total. The molecule has 1 heterocycles. The Balaban J connectivity index is 2.02. The van der Waals surface area contributed by atoms with E-state index in [9.17, 15) is 9.90 Å². The standard InChI is InChI=1S/C15H19NO3/c1-19-10-5-6-11-12(9-10)16-14(18)15(13(11)17)7-3-2-4-8-15/h5-6,9,13,17H,2-4,7-8H2,1H3,(H,16,18)/t13-/m0/s1. The smallest absolute Gasteiger partial charge is 0.233 e. The van der Waals surface area contributed by atoms with Gasteiger partial charge in [-0.05, 0) is 18.9 Å². The number of hydrogen-bond acceptors (Lipinski definition) is 3. The zero-order chi connectivity index (χ0) is 13.5. The number of methoxy groups -OCH3 is 1. The lowest BCUT2D eigenvalue weighted by Gasteiger charge is -2.43. The number of aliphatic hydroxyl groups is 1. The van der Waals surface area contributed by atoms with E-state index < -0.39 is 11.5 Å². The molecule has 0 saturated heterocycles. The van der Waals surface area contributed by atoms with Crippen LogP contribution in [0, 0.1) is 5.41 Å². The highest BCUT2D eigenvalue weighted by atomic mass is 16.5. The van der Waals surface area contributed by atoms with Gasteiger partial charge in [-0.3, -0.25) is 4.79 Å². The van der Waals surface area contributed by atoms with Gasteiger partial charge in [0.15, 0.2) is 0 Å². The number of amides is 1. The van der Waals surface area contributed by atoms with Gasteiger partial charge in [-0.15, -0.1) is 0 Å². The van der Waals surface area contributed by atoms with E-state index in [1.165, 1.54) is 0 Å². The average Bonchev–Trinajstić information content (AvgIpc) is 2.46. The van der Waals surface area contributed by atoms with Crippen molar-refractivity contribution in [3.63, 3.8) is 0 Å². The first-order valence-electron chi connectivity index (χ1n) is 6.85. The summed E-state index contributed by atoms with van der Waals surface area (Å²) in [5.74, 6) is 0.645. The van der Waals surface area contributed by atoms with Crippen molar-refractivity contribution in [3.8, 4) is 5.75 Å². The number of nitrogens with one attached hydrogen (secondary N) is 1. The molecular formula is C15H19NO3. The van der Waals surface area contributed by atoms with Gasteiger partial charge in [-0.25, -0.2) is 0 Å². The van der Waals surface area contributed by atoms with Crippen LogP contribution in [-0.2, 0) is 4.79 Å². The molecule has 2 aliphatic rings. The van der Waals surface area contributed by atoms with E-state index >= 15 is 0 Å². The zero-order valence-electron chi connectivity index (χ0n) is 11.1. The normalized spacial score (nSPS) is 24.7. The fourth-order valence-electron chi connectivity index (χ4n) is 3.36. The van der Waals surface area contributed by atoms with E-state index in [0.29, 0.717) is 11.4 Å². The minimum atomic E-state index is -0.706. The molecule has 19 heavy (non-hydrogen) atoms. The molecule has 1 aromatic carbocycles. The third kappa shape index (κ3) is 1.82. The van der Waals surface area contributed by atoms with E-state index in [2.05, 4.69) is 5.32 Å². The minimum absolute atomic E-state index is 0.0412. The lowest BCUT2D eigenvalue weighted by Crippen LogP contribution is -2.46. The Labute approximate surface area is 112 Å². The predicted octanol–water partition coefficient (Wildman–Crippen LogP) is 2.63. The molecule has 1 aliphatic heterocycles. The largest absolute Gasteiger partial charge is 0.497 e. The van der Waals surface area contributed by atoms with Crippen LogP contribution < -0.4 is 10.1 Å². The van der Waals surface area contributed by atoms with Crippen LogP contribution in [0.25, 0.3) is 0 Å². The molecule has 4 heteroatoms. The molecule has 1 spiro atoms. The molecule has 3 rings (SSSR count). The number of anilines is 1. The molecule has 1 amide bonds. The van der Waals surface area contributed by atoms with Crippen LogP contribution in [0.15, 0.2) is 18.2 Å². The first-order valence-corrected chi connectivity index (χ1v) is 6.85. The lowest BCUT2D eigenvalue weighted by molar-refractivity contribution is -0.137. The van der Waals surface area contributed by atoms with Crippen molar-refractivity contribution in [2.75, 3.05) is 12.4 Å². The summed E-state index contributed by atoms with van der Waals surface area (Å²) < 4.78 is 5.15. The fraction of sp³-hybridized carbons (Fsp3) is 0.533. The van der Waals surface area contributed by atoms with E-state index in [1.807, 2.05) is 12.1 Å². The summed E-state index contributed by atoms with van der Waals surface area (Å²) in [5.41, 5.74) is 0.857. The molecule has 102 valence electrons. The van der Waals surface area contributed by atoms with Gasteiger partial charge in [0, 0.05) is 11.6 Å². The van der Waals surface area contributed by atoms with Gasteiger partial charge >= 0.3 is 0 Å². The van der Waals surface area contributed by atoms with Crippen LogP contribution in [0.4, 0.5) is 5.69 Å². The van der Waals surface area contributed by atoms with Crippen LogP contribution in [0.3, 0.4) is 0 Å². The quantitative estimate of drug-likeness (QED) is 0.817. The number of hydrogen-bond donors (Lipinski definition) is 2. The molecule has 0 bridgehead atoms. The molecule has 4 nitrogen and oxygen atoms in total. The van der Waals surface area contributed by atoms with Crippen LogP contribution in [0.5, 0.6) is 5.75 Å². The number of carbonyl (C=O) groups excluding carboxylic acids is 1. The van der Waals surface area contributed by atoms with E-state index in [4.69, 9.17) is 4.74 Å². The second-order valence-electron chi connectivity index (χ2n) is 5.53. The molecule has 1 aromatic rings. The molecule has 0 radical (unpaired) electrons. The molecule has 1 fully saturated rings. The van der Waals surface area contributed by atoms with E-state index in [1.54, 1.807) is 13.2 Å². The third-order valence-electron chi connectivity index (χ3n) is 4.52. The lowest BCUT2D eigenvalue weighted by atomic mass is 9.66. The highest BCUT2D eigenvalue weighted by molar-refractivity contribution is 5.99. The number of fused-ring (bicyclic) bond motifs is 1. The second-order valence-corrected chi connectivity index (χ2v) is 5.53. The maximum atomic E-state index is 12.4. The summed E-state index contributed by atoms with van der Waals surface area (Å²) in [5, 5.41) is 13.6. The summed E-state index contributed by atoms with van der Waals surface area (Å²) in [7, 11) is 1.59. The van der Waals surface area contributed by atoms with Crippen molar-refractivity contribution in [1.29, 1.82) is 0 Å². The van der Waals surface area contributed by atoms with Crippen LogP contribution in [0.2, 0.25) is 0 Å². The molecule has 0 unspecified atom stereocenters. The van der Waals surface area contributed by atoms with Crippen LogP contribution >= 0.6 is 0 Å². The number of ether oxygens (including phenoxy) is 1. The van der Waals surface area contributed by atoms with Crippen molar-refractivity contribution >= 4 is 11.6 Å². The Morgan fingerprint density at radius 1 is 1.32 bits per heavy atom. The first kappa shape index (κ1) is 12.5. The Hall–Kier alpha value is -1.55. The number of rotatable bonds is 1. The van der Waals surface area contributed by atoms with Gasteiger partial charge in [-0.2, -0.15) is 0 Å². The highest BCUT2D eigenvalue weighted by Gasteiger charge is 2.49. The monoisotopic (exact) mass is 261 g/mol. The summed E-state index contributed by atoms with van der Waals surface area (Å²) in [4.78, 5) is 12.4. The van der Waals surface area contributed by atoms with Crippen LogP contribution in [0.1, 0.15) is 43.8 Å². The molecule has 1 atom stereocenters. The third-order valence-corrected chi connectivity index (χ3v) is 4.52. The Morgan fingerprint density at radius 2 is 2.05 bits per heavy atom. The van der Waals surface area contributed by atoms with Gasteiger partial charge in [0.1, 0.15) is 5.75 Å². The molecule has 0 aromatic heterocycles. The maximum Gasteiger partial charge on any atom is 0.233 e. The van der Waals surface area contributed by atoms with Gasteiger partial charge in [0.05, 0.1) is 24.3 Å². The Morgan fingerprint density at radius 3 is 2.74 bits per heavy atom. The van der Waals surface area contributed by atoms with E-state index in [-0.39, 0.29) is 5.91 Å². The zero-order valence-corrected chi connectivity index (χ0v) is 11.1. The van der Waals surface area contributed by atoms with Crippen molar-refractivity contribution in [2.45, 2.75) is 38.2 Å². The molecule has 1 aliphatic carbocycles. The summed E-state index contributed by atoms with van der Waals surface area (Å²) in [6.45, 7) is 0. The molecule has 1 saturated carbocycles. The average molecular weight is 261 g/mol. The van der Waals surface area contributed by atoms with Crippen molar-refractivity contribution in [3.05, 3.63) is 23.8 Å². The Bertz CT molecular complexity index is 506. The van der Waals surface area contributed by atoms with Gasteiger partial charge in [0.25, 0.3) is 0 Å². The topological polar surface area (TPSA) is 58.6 Å². The van der Waals surface area contributed by atoms with Gasteiger partial charge in [-0.1, -0.05) is 25.3 Å². The Kier molecular flexibility index (Phi) is 2.97. The van der Waals surface area contributed by atoms with Crippen molar-refractivity contribution in [1.82, 2.24) is 0 Å². The summed E-state index contributed by atoms with van der Waals surface area (Å²) in [6, 6.07) is 5.46.